The molecular formula is C19H25NO. The Kier molecular flexibility index (Phi) is 3.83. The van der Waals surface area contributed by atoms with E-state index in [1.54, 1.807) is 6.07 Å². The zero-order valence-electron chi connectivity index (χ0n) is 14.1. The number of rotatable bonds is 1. The molecule has 0 aliphatic carbocycles. The lowest BCUT2D eigenvalue weighted by molar-refractivity contribution is 0.585. The fourth-order valence-electron chi connectivity index (χ4n) is 2.82. The van der Waals surface area contributed by atoms with Gasteiger partial charge in [-0.1, -0.05) is 26.8 Å². The smallest absolute Gasteiger partial charge is 0.185 e. The molecule has 2 heteroatoms. The van der Waals surface area contributed by atoms with E-state index in [-0.39, 0.29) is 10.8 Å². The molecule has 0 unspecified atom stereocenters. The molecule has 0 saturated heterocycles. The van der Waals surface area contributed by atoms with Crippen LogP contribution >= 0.6 is 0 Å². The molecule has 0 radical (unpaired) electrons. The Morgan fingerprint density at radius 1 is 0.905 bits per heavy atom. The second-order valence-electron chi connectivity index (χ2n) is 7.03. The molecular weight excluding hydrogens is 258 g/mol. The number of hydrogen-bond donors (Lipinski definition) is 1. The van der Waals surface area contributed by atoms with Gasteiger partial charge in [0.05, 0.1) is 0 Å². The topological polar surface area (TPSA) is 32.9 Å². The minimum Gasteiger partial charge on any atom is -0.358 e. The van der Waals surface area contributed by atoms with Gasteiger partial charge in [-0.05, 0) is 55.9 Å². The van der Waals surface area contributed by atoms with Gasteiger partial charge in [0.25, 0.3) is 0 Å². The molecule has 0 aliphatic rings. The van der Waals surface area contributed by atoms with Gasteiger partial charge in [-0.2, -0.15) is 0 Å². The maximum atomic E-state index is 12.0. The summed E-state index contributed by atoms with van der Waals surface area (Å²) in [5.41, 5.74) is 7.79. The Morgan fingerprint density at radius 3 is 2.05 bits per heavy atom. The lowest BCUT2D eigenvalue weighted by Crippen LogP contribution is -2.14. The molecule has 2 nitrogen and oxygen atoms in total. The lowest BCUT2D eigenvalue weighted by Gasteiger charge is -2.23. The van der Waals surface area contributed by atoms with Gasteiger partial charge in [0.15, 0.2) is 5.43 Å². The van der Waals surface area contributed by atoms with Crippen molar-refractivity contribution in [2.24, 2.45) is 0 Å². The Bertz CT molecular complexity index is 745. The molecule has 112 valence electrons. The number of aromatic amines is 1. The number of aryl methyl sites for hydroxylation is 3. The normalized spacial score (nSPS) is 11.8. The van der Waals surface area contributed by atoms with Gasteiger partial charge in [0.2, 0.25) is 0 Å². The van der Waals surface area contributed by atoms with Crippen LogP contribution in [0.4, 0.5) is 0 Å². The molecule has 2 rings (SSSR count). The number of benzene rings is 1. The molecule has 0 amide bonds. The van der Waals surface area contributed by atoms with Gasteiger partial charge in [-0.15, -0.1) is 0 Å². The number of nitrogens with one attached hydrogen (secondary N) is 1. The Morgan fingerprint density at radius 2 is 1.52 bits per heavy atom. The molecule has 1 heterocycles. The number of H-pyrrole nitrogens is 1. The molecule has 1 N–H and O–H groups in total. The van der Waals surface area contributed by atoms with Crippen LogP contribution in [0.2, 0.25) is 0 Å². The quantitative estimate of drug-likeness (QED) is 0.817. The average molecular weight is 283 g/mol. The van der Waals surface area contributed by atoms with Crippen molar-refractivity contribution >= 4 is 0 Å². The monoisotopic (exact) mass is 283 g/mol. The summed E-state index contributed by atoms with van der Waals surface area (Å²) in [6.45, 7) is 14.7. The summed E-state index contributed by atoms with van der Waals surface area (Å²) in [7, 11) is 0. The Labute approximate surface area is 127 Å². The van der Waals surface area contributed by atoms with Gasteiger partial charge in [0.1, 0.15) is 0 Å². The van der Waals surface area contributed by atoms with Crippen molar-refractivity contribution in [2.75, 3.05) is 0 Å². The van der Waals surface area contributed by atoms with Crippen LogP contribution in [0.25, 0.3) is 11.3 Å². The highest BCUT2D eigenvalue weighted by Crippen LogP contribution is 2.31. The maximum Gasteiger partial charge on any atom is 0.185 e. The van der Waals surface area contributed by atoms with E-state index in [4.69, 9.17) is 0 Å². The van der Waals surface area contributed by atoms with E-state index in [1.807, 2.05) is 13.8 Å². The first kappa shape index (κ1) is 15.6. The molecule has 2 aromatic rings. The van der Waals surface area contributed by atoms with E-state index < -0.39 is 0 Å². The van der Waals surface area contributed by atoms with E-state index in [0.29, 0.717) is 0 Å². The Hall–Kier alpha value is -1.83. The zero-order chi connectivity index (χ0) is 15.9. The second kappa shape index (κ2) is 5.18. The van der Waals surface area contributed by atoms with Crippen molar-refractivity contribution in [1.82, 2.24) is 4.98 Å². The van der Waals surface area contributed by atoms with E-state index in [2.05, 4.69) is 51.7 Å². The molecule has 21 heavy (non-hydrogen) atoms. The first-order valence-electron chi connectivity index (χ1n) is 7.44. The molecule has 1 aromatic heterocycles. The Balaban J connectivity index is 2.67. The largest absolute Gasteiger partial charge is 0.358 e. The highest BCUT2D eigenvalue weighted by molar-refractivity contribution is 5.66. The number of aromatic nitrogens is 1. The van der Waals surface area contributed by atoms with Crippen molar-refractivity contribution in [3.63, 3.8) is 0 Å². The summed E-state index contributed by atoms with van der Waals surface area (Å²) < 4.78 is 0. The highest BCUT2D eigenvalue weighted by Gasteiger charge is 2.18. The van der Waals surface area contributed by atoms with E-state index in [1.165, 1.54) is 16.7 Å². The SMILES string of the molecule is Cc1cc(C(C)(C)C)c(C)cc1-c1cc(=O)c(C)c(C)[nH]1. The van der Waals surface area contributed by atoms with Crippen LogP contribution in [0.5, 0.6) is 0 Å². The third kappa shape index (κ3) is 2.94. The van der Waals surface area contributed by atoms with E-state index in [0.717, 1.165) is 22.5 Å². The predicted molar refractivity (Wildman–Crippen MR) is 90.1 cm³/mol. The summed E-state index contributed by atoms with van der Waals surface area (Å²) in [5, 5.41) is 0. The van der Waals surface area contributed by atoms with Crippen LogP contribution < -0.4 is 5.43 Å². The van der Waals surface area contributed by atoms with Crippen LogP contribution in [-0.4, -0.2) is 4.98 Å². The van der Waals surface area contributed by atoms with Gasteiger partial charge >= 0.3 is 0 Å². The van der Waals surface area contributed by atoms with E-state index in [9.17, 15) is 4.79 Å². The van der Waals surface area contributed by atoms with Crippen LogP contribution in [0.3, 0.4) is 0 Å². The maximum absolute atomic E-state index is 12.0. The number of pyridine rings is 1. The predicted octanol–water partition coefficient (Wildman–Crippen LogP) is 4.57. The summed E-state index contributed by atoms with van der Waals surface area (Å²) >= 11 is 0. The van der Waals surface area contributed by atoms with Gasteiger partial charge < -0.3 is 4.98 Å². The fraction of sp³-hybridized carbons (Fsp3) is 0.421. The molecule has 0 saturated carbocycles. The minimum absolute atomic E-state index is 0.0956. The number of hydrogen-bond acceptors (Lipinski definition) is 1. The first-order valence-corrected chi connectivity index (χ1v) is 7.44. The van der Waals surface area contributed by atoms with Crippen molar-refractivity contribution in [1.29, 1.82) is 0 Å². The standard InChI is InChI=1S/C19H25NO/c1-11-9-16(19(5,6)7)12(2)8-15(11)17-10-18(21)13(3)14(4)20-17/h8-10H,1-7H3,(H,20,21). The summed E-state index contributed by atoms with van der Waals surface area (Å²) in [4.78, 5) is 15.4. The summed E-state index contributed by atoms with van der Waals surface area (Å²) in [6, 6.07) is 6.15. The molecule has 0 fully saturated rings. The van der Waals surface area contributed by atoms with Crippen molar-refractivity contribution in [3.05, 3.63) is 56.4 Å². The van der Waals surface area contributed by atoms with Crippen LogP contribution in [-0.2, 0) is 5.41 Å². The molecule has 0 bridgehead atoms. The van der Waals surface area contributed by atoms with Crippen molar-refractivity contribution < 1.29 is 0 Å². The second-order valence-corrected chi connectivity index (χ2v) is 7.03. The van der Waals surface area contributed by atoms with Gasteiger partial charge in [0, 0.05) is 28.6 Å². The summed E-state index contributed by atoms with van der Waals surface area (Å²) in [6.07, 6.45) is 0. The molecule has 0 atom stereocenters. The third-order valence-electron chi connectivity index (χ3n) is 4.20. The zero-order valence-corrected chi connectivity index (χ0v) is 14.1. The van der Waals surface area contributed by atoms with Crippen LogP contribution in [0, 0.1) is 27.7 Å². The molecule has 0 spiro atoms. The van der Waals surface area contributed by atoms with Crippen LogP contribution in [0.1, 0.15) is 48.7 Å². The molecule has 1 aromatic carbocycles. The summed E-state index contributed by atoms with van der Waals surface area (Å²) in [5.74, 6) is 0. The third-order valence-corrected chi connectivity index (χ3v) is 4.20. The van der Waals surface area contributed by atoms with Crippen molar-refractivity contribution in [2.45, 2.75) is 53.9 Å². The van der Waals surface area contributed by atoms with Crippen molar-refractivity contribution in [3.8, 4) is 11.3 Å². The molecule has 0 aliphatic heterocycles. The first-order chi connectivity index (χ1) is 9.61. The van der Waals surface area contributed by atoms with Gasteiger partial charge in [-0.3, -0.25) is 4.79 Å². The fourth-order valence-corrected chi connectivity index (χ4v) is 2.82. The van der Waals surface area contributed by atoms with E-state index >= 15 is 0 Å². The lowest BCUT2D eigenvalue weighted by atomic mass is 9.82. The minimum atomic E-state index is 0.0956. The average Bonchev–Trinajstić information content (AvgIpc) is 2.36. The van der Waals surface area contributed by atoms with Gasteiger partial charge in [-0.25, -0.2) is 0 Å². The highest BCUT2D eigenvalue weighted by atomic mass is 16.1. The van der Waals surface area contributed by atoms with Crippen LogP contribution in [0.15, 0.2) is 23.0 Å².